The van der Waals surface area contributed by atoms with Gasteiger partial charge in [-0.15, -0.1) is 0 Å². The number of nitrogens with zero attached hydrogens (tertiary/aromatic N) is 2. The van der Waals surface area contributed by atoms with Crippen molar-refractivity contribution in [1.82, 2.24) is 20.4 Å². The summed E-state index contributed by atoms with van der Waals surface area (Å²) in [4.78, 5) is 12.6. The zero-order chi connectivity index (χ0) is 20.9. The van der Waals surface area contributed by atoms with Crippen LogP contribution in [-0.2, 0) is 5.41 Å². The second-order valence-electron chi connectivity index (χ2n) is 8.98. The molecule has 1 saturated heterocycles. The van der Waals surface area contributed by atoms with Crippen molar-refractivity contribution in [2.75, 3.05) is 26.2 Å². The number of amides is 1. The van der Waals surface area contributed by atoms with Gasteiger partial charge >= 0.3 is 0 Å². The largest absolute Gasteiger partial charge is 0.493 e. The summed E-state index contributed by atoms with van der Waals surface area (Å²) in [6.45, 7) is 11.7. The lowest BCUT2D eigenvalue weighted by molar-refractivity contribution is 0.0939. The fourth-order valence-corrected chi connectivity index (χ4v) is 3.48. The third-order valence-electron chi connectivity index (χ3n) is 5.40. The van der Waals surface area contributed by atoms with Crippen LogP contribution in [0.1, 0.15) is 62.6 Å². The van der Waals surface area contributed by atoms with Gasteiger partial charge in [-0.05, 0) is 49.1 Å². The van der Waals surface area contributed by atoms with Gasteiger partial charge in [-0.3, -0.25) is 9.48 Å². The SMILES string of the molecule is CC(C)COc1ccc(C(C)(C)CNC(=O)c2ccn(C3CCCNC3)n2)cc1. The summed E-state index contributed by atoms with van der Waals surface area (Å²) in [6.07, 6.45) is 4.15. The van der Waals surface area contributed by atoms with Crippen LogP contribution >= 0.6 is 0 Å². The molecule has 0 bridgehead atoms. The minimum absolute atomic E-state index is 0.127. The van der Waals surface area contributed by atoms with Gasteiger partial charge in [-0.1, -0.05) is 39.8 Å². The van der Waals surface area contributed by atoms with Gasteiger partial charge < -0.3 is 15.4 Å². The van der Waals surface area contributed by atoms with Gasteiger partial charge in [0.05, 0.1) is 12.6 Å². The Labute approximate surface area is 174 Å². The molecule has 1 fully saturated rings. The van der Waals surface area contributed by atoms with Crippen LogP contribution in [0, 0.1) is 5.92 Å². The van der Waals surface area contributed by atoms with Crippen molar-refractivity contribution < 1.29 is 9.53 Å². The molecule has 0 aliphatic carbocycles. The summed E-state index contributed by atoms with van der Waals surface area (Å²) in [6, 6.07) is 10.3. The minimum Gasteiger partial charge on any atom is -0.493 e. The van der Waals surface area contributed by atoms with Crippen molar-refractivity contribution in [3.63, 3.8) is 0 Å². The van der Waals surface area contributed by atoms with Gasteiger partial charge in [-0.2, -0.15) is 5.10 Å². The van der Waals surface area contributed by atoms with E-state index in [0.29, 0.717) is 30.8 Å². The lowest BCUT2D eigenvalue weighted by atomic mass is 9.84. The maximum atomic E-state index is 12.6. The topological polar surface area (TPSA) is 68.2 Å². The van der Waals surface area contributed by atoms with Gasteiger partial charge in [0.15, 0.2) is 0 Å². The zero-order valence-corrected chi connectivity index (χ0v) is 18.1. The van der Waals surface area contributed by atoms with E-state index in [1.54, 1.807) is 6.07 Å². The number of carbonyl (C=O) groups excluding carboxylic acids is 1. The first-order valence-electron chi connectivity index (χ1n) is 10.6. The molecule has 6 heteroatoms. The highest BCUT2D eigenvalue weighted by atomic mass is 16.5. The predicted molar refractivity (Wildman–Crippen MR) is 116 cm³/mol. The molecular formula is C23H34N4O2. The normalized spacial score (nSPS) is 17.3. The highest BCUT2D eigenvalue weighted by Crippen LogP contribution is 2.25. The lowest BCUT2D eigenvalue weighted by Crippen LogP contribution is -2.37. The number of piperidine rings is 1. The molecule has 29 heavy (non-hydrogen) atoms. The number of hydrogen-bond acceptors (Lipinski definition) is 4. The molecule has 6 nitrogen and oxygen atoms in total. The van der Waals surface area contributed by atoms with Crippen LogP contribution in [0.3, 0.4) is 0 Å². The van der Waals surface area contributed by atoms with Crippen molar-refractivity contribution in [2.45, 2.75) is 52.0 Å². The number of ether oxygens (including phenoxy) is 1. The van der Waals surface area contributed by atoms with E-state index in [4.69, 9.17) is 4.74 Å². The van der Waals surface area contributed by atoms with E-state index in [1.807, 2.05) is 23.0 Å². The van der Waals surface area contributed by atoms with E-state index >= 15 is 0 Å². The smallest absolute Gasteiger partial charge is 0.271 e. The second-order valence-corrected chi connectivity index (χ2v) is 8.98. The molecule has 0 radical (unpaired) electrons. The first-order valence-corrected chi connectivity index (χ1v) is 10.6. The van der Waals surface area contributed by atoms with E-state index in [1.165, 1.54) is 0 Å². The number of hydrogen-bond donors (Lipinski definition) is 2. The van der Waals surface area contributed by atoms with Crippen LogP contribution < -0.4 is 15.4 Å². The average Bonchev–Trinajstić information content (AvgIpc) is 3.22. The van der Waals surface area contributed by atoms with E-state index in [0.717, 1.165) is 37.2 Å². The van der Waals surface area contributed by atoms with Gasteiger partial charge in [0.2, 0.25) is 0 Å². The third kappa shape index (κ3) is 5.82. The Balaban J connectivity index is 1.55. The molecule has 1 aromatic carbocycles. The Kier molecular flexibility index (Phi) is 6.96. The van der Waals surface area contributed by atoms with Crippen LogP contribution in [0.2, 0.25) is 0 Å². The first kappa shape index (κ1) is 21.4. The molecule has 0 saturated carbocycles. The van der Waals surface area contributed by atoms with E-state index in [9.17, 15) is 4.79 Å². The molecule has 1 aliphatic rings. The van der Waals surface area contributed by atoms with Crippen LogP contribution in [0.25, 0.3) is 0 Å². The van der Waals surface area contributed by atoms with Crippen molar-refractivity contribution in [3.8, 4) is 5.75 Å². The number of aromatic nitrogens is 2. The molecule has 2 aromatic rings. The Morgan fingerprint density at radius 2 is 2.07 bits per heavy atom. The van der Waals surface area contributed by atoms with Gasteiger partial charge in [-0.25, -0.2) is 0 Å². The standard InChI is InChI=1S/C23H34N4O2/c1-17(2)15-29-20-9-7-18(8-10-20)23(3,4)16-25-22(28)21-11-13-27(26-21)19-6-5-12-24-14-19/h7-11,13,17,19,24H,5-6,12,14-16H2,1-4H3,(H,25,28). The molecule has 3 rings (SSSR count). The quantitative estimate of drug-likeness (QED) is 0.714. The molecule has 0 spiro atoms. The summed E-state index contributed by atoms with van der Waals surface area (Å²) in [7, 11) is 0. The predicted octanol–water partition coefficient (Wildman–Crippen LogP) is 3.55. The van der Waals surface area contributed by atoms with Crippen LogP contribution in [0.15, 0.2) is 36.5 Å². The molecule has 1 aliphatic heterocycles. The lowest BCUT2D eigenvalue weighted by Gasteiger charge is -2.26. The molecule has 1 amide bonds. The molecule has 2 N–H and O–H groups in total. The molecule has 1 atom stereocenters. The summed E-state index contributed by atoms with van der Waals surface area (Å²) in [5.41, 5.74) is 1.44. The summed E-state index contributed by atoms with van der Waals surface area (Å²) in [5, 5.41) is 10.9. The van der Waals surface area contributed by atoms with Crippen molar-refractivity contribution in [3.05, 3.63) is 47.8 Å². The van der Waals surface area contributed by atoms with Crippen LogP contribution in [-0.4, -0.2) is 41.9 Å². The number of carbonyl (C=O) groups is 1. The second kappa shape index (κ2) is 9.44. The van der Waals surface area contributed by atoms with E-state index in [-0.39, 0.29) is 11.3 Å². The summed E-state index contributed by atoms with van der Waals surface area (Å²) in [5.74, 6) is 1.25. The van der Waals surface area contributed by atoms with E-state index < -0.39 is 0 Å². The highest BCUT2D eigenvalue weighted by Gasteiger charge is 2.23. The fourth-order valence-electron chi connectivity index (χ4n) is 3.48. The maximum Gasteiger partial charge on any atom is 0.271 e. The van der Waals surface area contributed by atoms with Crippen molar-refractivity contribution >= 4 is 5.91 Å². The number of rotatable bonds is 8. The third-order valence-corrected chi connectivity index (χ3v) is 5.40. The average molecular weight is 399 g/mol. The minimum atomic E-state index is -0.192. The Bertz CT molecular complexity index is 789. The zero-order valence-electron chi connectivity index (χ0n) is 18.1. The van der Waals surface area contributed by atoms with Gasteiger partial charge in [0.25, 0.3) is 5.91 Å². The molecule has 1 unspecified atom stereocenters. The maximum absolute atomic E-state index is 12.6. The van der Waals surface area contributed by atoms with Gasteiger partial charge in [0.1, 0.15) is 11.4 Å². The number of nitrogens with one attached hydrogen (secondary N) is 2. The Morgan fingerprint density at radius 3 is 2.72 bits per heavy atom. The van der Waals surface area contributed by atoms with Crippen LogP contribution in [0.5, 0.6) is 5.75 Å². The highest BCUT2D eigenvalue weighted by molar-refractivity contribution is 5.92. The molecule has 1 aromatic heterocycles. The Hall–Kier alpha value is -2.34. The van der Waals surface area contributed by atoms with Crippen LogP contribution in [0.4, 0.5) is 0 Å². The molecule has 158 valence electrons. The van der Waals surface area contributed by atoms with Crippen molar-refractivity contribution in [1.29, 1.82) is 0 Å². The molecular weight excluding hydrogens is 364 g/mol. The van der Waals surface area contributed by atoms with Gasteiger partial charge in [0, 0.05) is 24.7 Å². The Morgan fingerprint density at radius 1 is 1.31 bits per heavy atom. The first-order chi connectivity index (χ1) is 13.8. The monoisotopic (exact) mass is 398 g/mol. The van der Waals surface area contributed by atoms with Crippen molar-refractivity contribution in [2.24, 2.45) is 5.92 Å². The number of benzene rings is 1. The summed E-state index contributed by atoms with van der Waals surface area (Å²) < 4.78 is 7.68. The summed E-state index contributed by atoms with van der Waals surface area (Å²) >= 11 is 0. The molecule has 2 heterocycles. The fraction of sp³-hybridized carbons (Fsp3) is 0.565. The van der Waals surface area contributed by atoms with E-state index in [2.05, 4.69) is 55.6 Å².